The lowest BCUT2D eigenvalue weighted by Crippen LogP contribution is -2.22. The van der Waals surface area contributed by atoms with Crippen molar-refractivity contribution in [3.05, 3.63) is 54.1 Å². The number of nitriles is 1. The molecule has 3 rings (SSSR count). The van der Waals surface area contributed by atoms with Crippen molar-refractivity contribution in [2.45, 2.75) is 17.4 Å². The summed E-state index contributed by atoms with van der Waals surface area (Å²) in [6.45, 7) is 1.79. The van der Waals surface area contributed by atoms with Gasteiger partial charge in [-0.05, 0) is 43.3 Å². The van der Waals surface area contributed by atoms with Crippen LogP contribution >= 0.6 is 11.8 Å². The average Bonchev–Trinajstić information content (AvgIpc) is 2.97. The SMILES string of the molecule is C[C@H](Sc1nc2ccccc2o1)C(=O)Nc1ccc(C#N)cc1. The number of hydrogen-bond donors (Lipinski definition) is 1. The van der Waals surface area contributed by atoms with E-state index in [0.717, 1.165) is 5.52 Å². The van der Waals surface area contributed by atoms with Gasteiger partial charge in [-0.1, -0.05) is 23.9 Å². The zero-order valence-corrected chi connectivity index (χ0v) is 13.1. The molecule has 3 aromatic rings. The maximum atomic E-state index is 12.2. The summed E-state index contributed by atoms with van der Waals surface area (Å²) in [5.74, 6) is -0.151. The van der Waals surface area contributed by atoms with Gasteiger partial charge in [-0.15, -0.1) is 0 Å². The van der Waals surface area contributed by atoms with Crippen molar-refractivity contribution in [1.29, 1.82) is 5.26 Å². The van der Waals surface area contributed by atoms with Gasteiger partial charge in [-0.2, -0.15) is 5.26 Å². The quantitative estimate of drug-likeness (QED) is 0.738. The second kappa shape index (κ2) is 6.55. The predicted octanol–water partition coefficient (Wildman–Crippen LogP) is 3.82. The molecule has 1 N–H and O–H groups in total. The normalized spacial score (nSPS) is 11.8. The van der Waals surface area contributed by atoms with Crippen molar-refractivity contribution in [3.63, 3.8) is 0 Å². The summed E-state index contributed by atoms with van der Waals surface area (Å²) in [4.78, 5) is 16.6. The lowest BCUT2D eigenvalue weighted by Gasteiger charge is -2.09. The Kier molecular flexibility index (Phi) is 4.31. The van der Waals surface area contributed by atoms with Gasteiger partial charge in [0, 0.05) is 5.69 Å². The number of anilines is 1. The molecule has 0 unspecified atom stereocenters. The van der Waals surface area contributed by atoms with Crippen LogP contribution in [0.3, 0.4) is 0 Å². The van der Waals surface area contributed by atoms with E-state index in [9.17, 15) is 4.79 Å². The molecule has 0 fully saturated rings. The second-order valence-corrected chi connectivity index (χ2v) is 6.18. The summed E-state index contributed by atoms with van der Waals surface area (Å²) in [6, 6.07) is 16.2. The predicted molar refractivity (Wildman–Crippen MR) is 89.1 cm³/mol. The highest BCUT2D eigenvalue weighted by Crippen LogP contribution is 2.27. The molecule has 114 valence electrons. The highest BCUT2D eigenvalue weighted by Gasteiger charge is 2.18. The van der Waals surface area contributed by atoms with Gasteiger partial charge in [0.25, 0.3) is 5.22 Å². The average molecular weight is 323 g/mol. The van der Waals surface area contributed by atoms with E-state index in [1.165, 1.54) is 11.8 Å². The summed E-state index contributed by atoms with van der Waals surface area (Å²) < 4.78 is 5.61. The molecule has 0 bridgehead atoms. The maximum Gasteiger partial charge on any atom is 0.257 e. The molecule has 1 amide bonds. The molecule has 23 heavy (non-hydrogen) atoms. The first-order valence-corrected chi connectivity index (χ1v) is 7.87. The number of hydrogen-bond acceptors (Lipinski definition) is 5. The van der Waals surface area contributed by atoms with Crippen LogP contribution in [-0.2, 0) is 4.79 Å². The van der Waals surface area contributed by atoms with Gasteiger partial charge < -0.3 is 9.73 Å². The fraction of sp³-hybridized carbons (Fsp3) is 0.118. The lowest BCUT2D eigenvalue weighted by atomic mass is 10.2. The molecule has 6 heteroatoms. The van der Waals surface area contributed by atoms with E-state index in [1.54, 1.807) is 31.2 Å². The molecular formula is C17H13N3O2S. The van der Waals surface area contributed by atoms with E-state index in [0.29, 0.717) is 22.1 Å². The number of carbonyl (C=O) groups excluding carboxylic acids is 1. The molecule has 0 spiro atoms. The largest absolute Gasteiger partial charge is 0.431 e. The van der Waals surface area contributed by atoms with Crippen LogP contribution in [0.2, 0.25) is 0 Å². The van der Waals surface area contributed by atoms with Gasteiger partial charge in [0.2, 0.25) is 5.91 Å². The molecule has 0 saturated heterocycles. The number of carbonyl (C=O) groups is 1. The highest BCUT2D eigenvalue weighted by molar-refractivity contribution is 8.00. The van der Waals surface area contributed by atoms with Crippen LogP contribution in [0.25, 0.3) is 11.1 Å². The number of aromatic nitrogens is 1. The van der Waals surface area contributed by atoms with Gasteiger partial charge >= 0.3 is 0 Å². The first-order valence-electron chi connectivity index (χ1n) is 6.99. The Labute approximate surface area is 137 Å². The van der Waals surface area contributed by atoms with Gasteiger partial charge in [0.15, 0.2) is 5.58 Å². The molecule has 1 atom stereocenters. The standard InChI is InChI=1S/C17H13N3O2S/c1-11(16(21)19-13-8-6-12(10-18)7-9-13)23-17-20-14-4-2-3-5-15(14)22-17/h2-9,11H,1H3,(H,19,21)/t11-/m0/s1. The minimum atomic E-state index is -0.362. The number of thioether (sulfide) groups is 1. The summed E-state index contributed by atoms with van der Waals surface area (Å²) in [5, 5.41) is 11.7. The first-order chi connectivity index (χ1) is 11.2. The maximum absolute atomic E-state index is 12.2. The molecule has 0 aliphatic rings. The third-order valence-corrected chi connectivity index (χ3v) is 4.15. The van der Waals surface area contributed by atoms with Crippen molar-refractivity contribution in [3.8, 4) is 6.07 Å². The number of oxazole rings is 1. The first kappa shape index (κ1) is 15.1. The number of benzene rings is 2. The Hall–Kier alpha value is -2.78. The molecule has 0 aliphatic heterocycles. The second-order valence-electron chi connectivity index (χ2n) is 4.89. The third-order valence-electron chi connectivity index (χ3n) is 3.20. The van der Waals surface area contributed by atoms with Gasteiger partial charge in [-0.3, -0.25) is 4.79 Å². The number of fused-ring (bicyclic) bond motifs is 1. The van der Waals surface area contributed by atoms with Gasteiger partial charge in [0.05, 0.1) is 16.9 Å². The molecule has 0 saturated carbocycles. The molecule has 1 heterocycles. The molecule has 1 aromatic heterocycles. The number of para-hydroxylation sites is 2. The van der Waals surface area contributed by atoms with Crippen LogP contribution < -0.4 is 5.32 Å². The molecule has 0 aliphatic carbocycles. The fourth-order valence-corrected chi connectivity index (χ4v) is 2.74. The van der Waals surface area contributed by atoms with E-state index in [4.69, 9.17) is 9.68 Å². The van der Waals surface area contributed by atoms with E-state index in [1.807, 2.05) is 30.3 Å². The van der Waals surface area contributed by atoms with Gasteiger partial charge in [-0.25, -0.2) is 4.98 Å². The minimum absolute atomic E-state index is 0.151. The van der Waals surface area contributed by atoms with Crippen molar-refractivity contribution in [1.82, 2.24) is 4.98 Å². The number of nitrogens with zero attached hydrogens (tertiary/aromatic N) is 2. The summed E-state index contributed by atoms with van der Waals surface area (Å²) in [7, 11) is 0. The van der Waals surface area contributed by atoms with Crippen LogP contribution in [0.15, 0.2) is 58.2 Å². The van der Waals surface area contributed by atoms with Gasteiger partial charge in [0.1, 0.15) is 5.52 Å². The Morgan fingerprint density at radius 1 is 1.26 bits per heavy atom. The van der Waals surface area contributed by atoms with E-state index >= 15 is 0 Å². The highest BCUT2D eigenvalue weighted by atomic mass is 32.2. The summed E-state index contributed by atoms with van der Waals surface area (Å²) >= 11 is 1.26. The number of amides is 1. The Bertz CT molecular complexity index is 848. The molecule has 5 nitrogen and oxygen atoms in total. The van der Waals surface area contributed by atoms with Crippen LogP contribution in [-0.4, -0.2) is 16.1 Å². The van der Waals surface area contributed by atoms with Crippen LogP contribution in [0.5, 0.6) is 0 Å². The van der Waals surface area contributed by atoms with Crippen molar-refractivity contribution < 1.29 is 9.21 Å². The van der Waals surface area contributed by atoms with Crippen molar-refractivity contribution >= 4 is 34.5 Å². The van der Waals surface area contributed by atoms with E-state index in [-0.39, 0.29) is 11.2 Å². The van der Waals surface area contributed by atoms with Crippen LogP contribution in [0.1, 0.15) is 12.5 Å². The fourth-order valence-electron chi connectivity index (χ4n) is 1.98. The topological polar surface area (TPSA) is 78.9 Å². The van der Waals surface area contributed by atoms with E-state index in [2.05, 4.69) is 10.3 Å². The van der Waals surface area contributed by atoms with Crippen molar-refractivity contribution in [2.75, 3.05) is 5.32 Å². The van der Waals surface area contributed by atoms with E-state index < -0.39 is 0 Å². The monoisotopic (exact) mass is 323 g/mol. The number of nitrogens with one attached hydrogen (secondary N) is 1. The number of rotatable bonds is 4. The van der Waals surface area contributed by atoms with Crippen molar-refractivity contribution in [2.24, 2.45) is 0 Å². The molecular weight excluding hydrogens is 310 g/mol. The zero-order valence-electron chi connectivity index (χ0n) is 12.3. The Morgan fingerprint density at radius 2 is 2.00 bits per heavy atom. The summed E-state index contributed by atoms with van der Waals surface area (Å²) in [6.07, 6.45) is 0. The Morgan fingerprint density at radius 3 is 2.70 bits per heavy atom. The Balaban J connectivity index is 1.65. The van der Waals surface area contributed by atoms with Crippen LogP contribution in [0, 0.1) is 11.3 Å². The third kappa shape index (κ3) is 3.52. The lowest BCUT2D eigenvalue weighted by molar-refractivity contribution is -0.115. The molecule has 2 aromatic carbocycles. The minimum Gasteiger partial charge on any atom is -0.431 e. The summed E-state index contributed by atoms with van der Waals surface area (Å²) in [5.41, 5.74) is 2.68. The molecule has 0 radical (unpaired) electrons. The zero-order chi connectivity index (χ0) is 16.2. The van der Waals surface area contributed by atoms with Crippen LogP contribution in [0.4, 0.5) is 5.69 Å². The smallest absolute Gasteiger partial charge is 0.257 e.